The molecule has 0 aliphatic rings. The van der Waals surface area contributed by atoms with E-state index in [1.54, 1.807) is 10.9 Å². The lowest BCUT2D eigenvalue weighted by Crippen LogP contribution is -2.14. The molecule has 0 spiro atoms. The van der Waals surface area contributed by atoms with E-state index >= 15 is 0 Å². The molecular formula is C21H25F2N7O2. The predicted molar refractivity (Wildman–Crippen MR) is 116 cm³/mol. The molecule has 3 aromatic rings. The van der Waals surface area contributed by atoms with Crippen LogP contribution in [0.15, 0.2) is 30.7 Å². The van der Waals surface area contributed by atoms with Crippen molar-refractivity contribution in [3.63, 3.8) is 0 Å². The molecule has 0 unspecified atom stereocenters. The average Bonchev–Trinajstić information content (AvgIpc) is 3.24. The number of hydrogen-bond acceptors (Lipinski definition) is 7. The van der Waals surface area contributed by atoms with Gasteiger partial charge in [0.15, 0.2) is 5.75 Å². The zero-order valence-electron chi connectivity index (χ0n) is 22.8. The van der Waals surface area contributed by atoms with Crippen molar-refractivity contribution in [3.05, 3.63) is 36.5 Å². The Morgan fingerprint density at radius 2 is 2.09 bits per heavy atom. The number of nitrogens with zero attached hydrogens (tertiary/aromatic N) is 5. The van der Waals surface area contributed by atoms with Gasteiger partial charge in [-0.05, 0) is 20.7 Å². The number of halogens is 2. The largest absolute Gasteiger partial charge is 0.490 e. The van der Waals surface area contributed by atoms with Gasteiger partial charge in [0.2, 0.25) is 11.7 Å². The molecule has 0 fully saturated rings. The monoisotopic (exact) mass is 450 g/mol. The highest BCUT2D eigenvalue weighted by molar-refractivity contribution is 5.88. The van der Waals surface area contributed by atoms with Crippen LogP contribution in [0.1, 0.15) is 53.3 Å². The number of carbonyl (C=O) groups is 1. The van der Waals surface area contributed by atoms with Crippen LogP contribution in [-0.2, 0) is 10.7 Å². The van der Waals surface area contributed by atoms with E-state index in [0.29, 0.717) is 12.5 Å². The zero-order chi connectivity index (χ0) is 27.8. The summed E-state index contributed by atoms with van der Waals surface area (Å²) >= 11 is 0. The molecule has 0 saturated carbocycles. The first-order valence-electron chi connectivity index (χ1n) is 12.0. The maximum Gasteiger partial charge on any atom is 0.303 e. The minimum Gasteiger partial charge on any atom is -0.490 e. The fourth-order valence-electron chi connectivity index (χ4n) is 2.67. The quantitative estimate of drug-likeness (QED) is 0.519. The van der Waals surface area contributed by atoms with E-state index in [1.165, 1.54) is 25.3 Å². The number of aromatic nitrogens is 5. The van der Waals surface area contributed by atoms with Gasteiger partial charge in [-0.1, -0.05) is 0 Å². The molecular weight excluding hydrogens is 420 g/mol. The molecule has 0 aliphatic carbocycles. The van der Waals surface area contributed by atoms with Crippen LogP contribution in [-0.4, -0.2) is 37.2 Å². The maximum atomic E-state index is 14.3. The zero-order valence-corrected chi connectivity index (χ0v) is 17.8. The SMILES string of the molecule is [2H]C([2H])([2H])C([2H])([2H])Oc1cnc(NC(C)=O)cc1Nc1cc(-c2cnn(C(C)C)c2)nc(C(C)(F)F)n1. The molecule has 0 bridgehead atoms. The van der Waals surface area contributed by atoms with Crippen LogP contribution in [0, 0.1) is 0 Å². The summed E-state index contributed by atoms with van der Waals surface area (Å²) in [6, 6.07) is 2.59. The van der Waals surface area contributed by atoms with Crippen LogP contribution in [0.2, 0.25) is 0 Å². The third kappa shape index (κ3) is 5.54. The second-order valence-electron chi connectivity index (χ2n) is 7.23. The minimum absolute atomic E-state index is 0.00493. The Morgan fingerprint density at radius 3 is 2.72 bits per heavy atom. The number of anilines is 3. The van der Waals surface area contributed by atoms with Crippen molar-refractivity contribution in [2.75, 3.05) is 17.2 Å². The third-order valence-electron chi connectivity index (χ3n) is 4.14. The molecule has 0 atom stereocenters. The topological polar surface area (TPSA) is 107 Å². The highest BCUT2D eigenvalue weighted by Crippen LogP contribution is 2.32. The van der Waals surface area contributed by atoms with Gasteiger partial charge in [-0.2, -0.15) is 13.9 Å². The highest BCUT2D eigenvalue weighted by atomic mass is 19.3. The molecule has 3 rings (SSSR count). The molecule has 0 radical (unpaired) electrons. The normalized spacial score (nSPS) is 14.7. The van der Waals surface area contributed by atoms with Crippen molar-refractivity contribution in [3.8, 4) is 17.0 Å². The molecule has 3 aromatic heterocycles. The standard InChI is InChI=1S/C21H25F2N7O2/c1-6-32-17-10-24-18(26-13(4)31)8-16(17)27-19-7-15(28-20(29-19)21(5,22)23)14-9-25-30(11-14)12(2)3/h7-12H,6H2,1-5H3,(H2,24,26,27,28,29,31)/i1D3,6D2. The second-order valence-corrected chi connectivity index (χ2v) is 7.23. The molecule has 170 valence electrons. The second kappa shape index (κ2) is 9.25. The number of rotatable bonds is 8. The predicted octanol–water partition coefficient (Wildman–Crippen LogP) is 4.53. The fourth-order valence-corrected chi connectivity index (χ4v) is 2.67. The van der Waals surface area contributed by atoms with Gasteiger partial charge >= 0.3 is 5.92 Å². The lowest BCUT2D eigenvalue weighted by molar-refractivity contribution is -0.114. The van der Waals surface area contributed by atoms with Crippen molar-refractivity contribution in [1.29, 1.82) is 0 Å². The first-order chi connectivity index (χ1) is 17.0. The summed E-state index contributed by atoms with van der Waals surface area (Å²) in [7, 11) is 0. The van der Waals surface area contributed by atoms with Crippen LogP contribution in [0.5, 0.6) is 5.75 Å². The summed E-state index contributed by atoms with van der Waals surface area (Å²) in [5, 5.41) is 9.36. The van der Waals surface area contributed by atoms with E-state index < -0.39 is 31.1 Å². The Bertz CT molecular complexity index is 1290. The first-order valence-corrected chi connectivity index (χ1v) is 9.52. The highest BCUT2D eigenvalue weighted by Gasteiger charge is 2.30. The molecule has 3 heterocycles. The third-order valence-corrected chi connectivity index (χ3v) is 4.14. The van der Waals surface area contributed by atoms with Crippen LogP contribution in [0.4, 0.5) is 26.1 Å². The van der Waals surface area contributed by atoms with E-state index in [9.17, 15) is 13.6 Å². The Kier molecular flexibility index (Phi) is 4.91. The average molecular weight is 451 g/mol. The molecule has 2 N–H and O–H groups in total. The molecule has 0 aliphatic heterocycles. The van der Waals surface area contributed by atoms with E-state index in [2.05, 4.69) is 30.7 Å². The Labute approximate surface area is 191 Å². The van der Waals surface area contributed by atoms with E-state index in [0.717, 1.165) is 6.20 Å². The van der Waals surface area contributed by atoms with Crippen molar-refractivity contribution in [2.45, 2.75) is 46.5 Å². The van der Waals surface area contributed by atoms with Gasteiger partial charge in [-0.25, -0.2) is 15.0 Å². The maximum absolute atomic E-state index is 14.3. The Morgan fingerprint density at radius 1 is 1.31 bits per heavy atom. The van der Waals surface area contributed by atoms with Crippen LogP contribution >= 0.6 is 0 Å². The lowest BCUT2D eigenvalue weighted by atomic mass is 10.2. The smallest absolute Gasteiger partial charge is 0.303 e. The number of pyridine rings is 1. The van der Waals surface area contributed by atoms with Crippen molar-refractivity contribution in [2.24, 2.45) is 0 Å². The number of nitrogens with one attached hydrogen (secondary N) is 2. The summed E-state index contributed by atoms with van der Waals surface area (Å²) < 4.78 is 73.0. The molecule has 9 nitrogen and oxygen atoms in total. The van der Waals surface area contributed by atoms with Gasteiger partial charge in [0, 0.05) is 47.9 Å². The molecule has 11 heteroatoms. The van der Waals surface area contributed by atoms with Gasteiger partial charge in [0.1, 0.15) is 11.6 Å². The van der Waals surface area contributed by atoms with Crippen molar-refractivity contribution >= 4 is 23.2 Å². The number of amides is 1. The summed E-state index contributed by atoms with van der Waals surface area (Å²) in [6.07, 6.45) is 4.08. The van der Waals surface area contributed by atoms with Crippen LogP contribution < -0.4 is 15.4 Å². The van der Waals surface area contributed by atoms with E-state index in [1.807, 2.05) is 13.8 Å². The van der Waals surface area contributed by atoms with Gasteiger partial charge in [-0.15, -0.1) is 0 Å². The number of ether oxygens (including phenoxy) is 1. The summed E-state index contributed by atoms with van der Waals surface area (Å²) in [5.41, 5.74) is 0.464. The summed E-state index contributed by atoms with van der Waals surface area (Å²) in [4.78, 5) is 23.3. The number of carbonyl (C=O) groups excluding carboxylic acids is 1. The number of hydrogen-bond donors (Lipinski definition) is 2. The molecule has 0 saturated heterocycles. The first kappa shape index (κ1) is 17.0. The van der Waals surface area contributed by atoms with E-state index in [4.69, 9.17) is 11.6 Å². The minimum atomic E-state index is -3.42. The van der Waals surface area contributed by atoms with Gasteiger partial charge in [-0.3, -0.25) is 9.48 Å². The van der Waals surface area contributed by atoms with E-state index in [-0.39, 0.29) is 34.8 Å². The van der Waals surface area contributed by atoms with Crippen LogP contribution in [0.25, 0.3) is 11.3 Å². The van der Waals surface area contributed by atoms with Crippen molar-refractivity contribution < 1.29 is 25.2 Å². The summed E-state index contributed by atoms with van der Waals surface area (Å²) in [5.74, 6) is -5.19. The van der Waals surface area contributed by atoms with Crippen molar-refractivity contribution in [1.82, 2.24) is 24.7 Å². The number of alkyl halides is 2. The van der Waals surface area contributed by atoms with Gasteiger partial charge in [0.05, 0.1) is 33.1 Å². The van der Waals surface area contributed by atoms with Gasteiger partial charge in [0.25, 0.3) is 0 Å². The summed E-state index contributed by atoms with van der Waals surface area (Å²) in [6.45, 7) is -0.624. The Balaban J connectivity index is 2.11. The Hall–Kier alpha value is -3.63. The van der Waals surface area contributed by atoms with Gasteiger partial charge < -0.3 is 15.4 Å². The van der Waals surface area contributed by atoms with Crippen LogP contribution in [0.3, 0.4) is 0 Å². The molecule has 1 amide bonds. The molecule has 32 heavy (non-hydrogen) atoms. The molecule has 0 aromatic carbocycles. The lowest BCUT2D eigenvalue weighted by Gasteiger charge is -2.16. The fraction of sp³-hybridized carbons (Fsp3) is 0.381.